The van der Waals surface area contributed by atoms with Crippen molar-refractivity contribution in [3.8, 4) is 5.75 Å². The van der Waals surface area contributed by atoms with Crippen LogP contribution in [0.1, 0.15) is 24.2 Å². The Bertz CT molecular complexity index is 379. The Morgan fingerprint density at radius 3 is 2.75 bits per heavy atom. The number of carbonyl (C=O) groups is 1. The summed E-state index contributed by atoms with van der Waals surface area (Å²) in [6, 6.07) is 5.84. The van der Waals surface area contributed by atoms with Crippen molar-refractivity contribution in [2.45, 2.75) is 23.6 Å². The second-order valence-electron chi connectivity index (χ2n) is 3.31. The summed E-state index contributed by atoms with van der Waals surface area (Å²) in [5.74, 6) is 0.907. The van der Waals surface area contributed by atoms with Crippen molar-refractivity contribution in [3.63, 3.8) is 0 Å². The van der Waals surface area contributed by atoms with Gasteiger partial charge in [-0.1, -0.05) is 15.9 Å². The highest BCUT2D eigenvalue weighted by molar-refractivity contribution is 9.09. The zero-order valence-corrected chi connectivity index (χ0v) is 12.0. The van der Waals surface area contributed by atoms with Crippen LogP contribution in [-0.4, -0.2) is 18.6 Å². The lowest BCUT2D eigenvalue weighted by atomic mass is 10.1. The molecule has 0 aliphatic rings. The van der Waals surface area contributed by atoms with Gasteiger partial charge in [0.05, 0.1) is 11.4 Å². The van der Waals surface area contributed by atoms with Gasteiger partial charge in [-0.05, 0) is 43.9 Å². The first-order valence-electron chi connectivity index (χ1n) is 5.05. The first-order chi connectivity index (χ1) is 7.60. The molecule has 0 aliphatic heterocycles. The molecule has 0 heterocycles. The Kier molecular flexibility index (Phi) is 5.35. The van der Waals surface area contributed by atoms with E-state index < -0.39 is 0 Å². The van der Waals surface area contributed by atoms with Gasteiger partial charge in [-0.2, -0.15) is 0 Å². The summed E-state index contributed by atoms with van der Waals surface area (Å²) in [6.45, 7) is 4.15. The molecule has 1 atom stereocenters. The monoisotopic (exact) mass is 302 g/mol. The van der Waals surface area contributed by atoms with E-state index in [2.05, 4.69) is 15.9 Å². The maximum Gasteiger partial charge on any atom is 0.147 e. The van der Waals surface area contributed by atoms with Crippen LogP contribution in [0.5, 0.6) is 5.75 Å². The third-order valence-electron chi connectivity index (χ3n) is 2.14. The molecule has 0 fully saturated rings. The zero-order chi connectivity index (χ0) is 12.1. The smallest absolute Gasteiger partial charge is 0.147 e. The maximum absolute atomic E-state index is 11.4. The number of hydrogen-bond donors (Lipinski definition) is 0. The number of halogens is 1. The molecule has 0 aliphatic carbocycles. The highest BCUT2D eigenvalue weighted by Crippen LogP contribution is 2.34. The van der Waals surface area contributed by atoms with Crippen molar-refractivity contribution in [2.75, 3.05) is 12.9 Å². The number of alkyl halides is 1. The van der Waals surface area contributed by atoms with E-state index in [1.807, 2.05) is 31.4 Å². The fraction of sp³-hybridized carbons (Fsp3) is 0.417. The van der Waals surface area contributed by atoms with Crippen LogP contribution in [0, 0.1) is 0 Å². The molecule has 0 bridgehead atoms. The molecular weight excluding hydrogens is 288 g/mol. The number of carbonyl (C=O) groups excluding carboxylic acids is 1. The summed E-state index contributed by atoms with van der Waals surface area (Å²) in [4.78, 5) is 12.2. The molecular formula is C12H15BrO2S. The van der Waals surface area contributed by atoms with Crippen LogP contribution in [0.3, 0.4) is 0 Å². The fourth-order valence-electron chi connectivity index (χ4n) is 1.39. The normalized spacial score (nSPS) is 12.2. The van der Waals surface area contributed by atoms with Gasteiger partial charge in [-0.3, -0.25) is 4.79 Å². The van der Waals surface area contributed by atoms with Crippen molar-refractivity contribution in [2.24, 2.45) is 0 Å². The topological polar surface area (TPSA) is 26.3 Å². The summed E-state index contributed by atoms with van der Waals surface area (Å²) in [5, 5.41) is 0. The number of hydrogen-bond acceptors (Lipinski definition) is 3. The van der Waals surface area contributed by atoms with E-state index >= 15 is 0 Å². The summed E-state index contributed by atoms with van der Waals surface area (Å²) in [7, 11) is 0. The van der Waals surface area contributed by atoms with Crippen molar-refractivity contribution >= 4 is 33.5 Å². The van der Waals surface area contributed by atoms with Crippen molar-refractivity contribution in [1.82, 2.24) is 0 Å². The van der Waals surface area contributed by atoms with Gasteiger partial charge in [-0.15, -0.1) is 11.8 Å². The van der Waals surface area contributed by atoms with E-state index in [-0.39, 0.29) is 10.6 Å². The van der Waals surface area contributed by atoms with Crippen molar-refractivity contribution in [1.29, 1.82) is 0 Å². The largest absolute Gasteiger partial charge is 0.494 e. The molecule has 0 aromatic heterocycles. The second kappa shape index (κ2) is 6.30. The standard InChI is InChI=1S/C12H15BrO2S/c1-4-15-9-5-6-11(16-3)10(7-9)12(13)8(2)14/h5-7,12H,4H2,1-3H3. The molecule has 2 nitrogen and oxygen atoms in total. The zero-order valence-electron chi connectivity index (χ0n) is 9.62. The lowest BCUT2D eigenvalue weighted by Crippen LogP contribution is -2.03. The molecule has 16 heavy (non-hydrogen) atoms. The van der Waals surface area contributed by atoms with E-state index in [4.69, 9.17) is 4.74 Å². The molecule has 0 radical (unpaired) electrons. The first-order valence-corrected chi connectivity index (χ1v) is 7.19. The third-order valence-corrected chi connectivity index (χ3v) is 4.09. The SMILES string of the molecule is CCOc1ccc(SC)c(C(Br)C(C)=O)c1. The molecule has 0 saturated heterocycles. The van der Waals surface area contributed by atoms with E-state index in [9.17, 15) is 4.79 Å². The summed E-state index contributed by atoms with van der Waals surface area (Å²) in [5.41, 5.74) is 0.978. The highest BCUT2D eigenvalue weighted by Gasteiger charge is 2.17. The Morgan fingerprint density at radius 1 is 1.56 bits per heavy atom. The average molecular weight is 303 g/mol. The van der Waals surface area contributed by atoms with Gasteiger partial charge in [0.15, 0.2) is 0 Å². The van der Waals surface area contributed by atoms with E-state index in [0.29, 0.717) is 6.61 Å². The second-order valence-corrected chi connectivity index (χ2v) is 5.07. The van der Waals surface area contributed by atoms with E-state index in [1.54, 1.807) is 18.7 Å². The Morgan fingerprint density at radius 2 is 2.25 bits per heavy atom. The molecule has 1 aromatic rings. The van der Waals surface area contributed by atoms with Crippen LogP contribution < -0.4 is 4.74 Å². The minimum absolute atomic E-state index is 0.101. The maximum atomic E-state index is 11.4. The summed E-state index contributed by atoms with van der Waals surface area (Å²) in [6.07, 6.45) is 2.00. The lowest BCUT2D eigenvalue weighted by Gasteiger charge is -2.13. The molecule has 0 saturated carbocycles. The number of Topliss-reactive ketones (excluding diaryl/α,β-unsaturated/α-hetero) is 1. The molecule has 1 rings (SSSR count). The highest BCUT2D eigenvalue weighted by atomic mass is 79.9. The number of ketones is 1. The Balaban J connectivity index is 3.11. The predicted octanol–water partition coefficient (Wildman–Crippen LogP) is 3.83. The summed E-state index contributed by atoms with van der Waals surface area (Å²) < 4.78 is 5.43. The van der Waals surface area contributed by atoms with Gasteiger partial charge in [0.25, 0.3) is 0 Å². The van der Waals surface area contributed by atoms with Crippen molar-refractivity contribution in [3.05, 3.63) is 23.8 Å². The molecule has 1 unspecified atom stereocenters. The van der Waals surface area contributed by atoms with Gasteiger partial charge < -0.3 is 4.74 Å². The fourth-order valence-corrected chi connectivity index (χ4v) is 2.53. The van der Waals surface area contributed by atoms with Gasteiger partial charge in [0.2, 0.25) is 0 Å². The number of ether oxygens (including phenoxy) is 1. The number of thioether (sulfide) groups is 1. The number of rotatable bonds is 5. The van der Waals surface area contributed by atoms with Crippen molar-refractivity contribution < 1.29 is 9.53 Å². The third kappa shape index (κ3) is 3.25. The quantitative estimate of drug-likeness (QED) is 0.611. The van der Waals surface area contributed by atoms with Crippen LogP contribution in [0.2, 0.25) is 0 Å². The molecule has 0 amide bonds. The van der Waals surface area contributed by atoms with Crippen LogP contribution >= 0.6 is 27.7 Å². The number of benzene rings is 1. The Hall–Kier alpha value is -0.480. The van der Waals surface area contributed by atoms with Gasteiger partial charge in [0.1, 0.15) is 11.5 Å². The summed E-state index contributed by atoms with van der Waals surface area (Å²) >= 11 is 5.04. The molecule has 0 spiro atoms. The van der Waals surface area contributed by atoms with Gasteiger partial charge in [-0.25, -0.2) is 0 Å². The molecule has 0 N–H and O–H groups in total. The minimum Gasteiger partial charge on any atom is -0.494 e. The van der Waals surface area contributed by atoms with Crippen LogP contribution in [0.15, 0.2) is 23.1 Å². The van der Waals surface area contributed by atoms with Gasteiger partial charge >= 0.3 is 0 Å². The van der Waals surface area contributed by atoms with Crippen LogP contribution in [-0.2, 0) is 4.79 Å². The Labute approximate surface area is 109 Å². The predicted molar refractivity (Wildman–Crippen MR) is 71.7 cm³/mol. The first kappa shape index (κ1) is 13.6. The van der Waals surface area contributed by atoms with E-state index in [0.717, 1.165) is 16.2 Å². The van der Waals surface area contributed by atoms with E-state index in [1.165, 1.54) is 0 Å². The lowest BCUT2D eigenvalue weighted by molar-refractivity contribution is -0.116. The van der Waals surface area contributed by atoms with Crippen LogP contribution in [0.25, 0.3) is 0 Å². The van der Waals surface area contributed by atoms with Gasteiger partial charge in [0, 0.05) is 4.90 Å². The minimum atomic E-state index is -0.254. The molecule has 1 aromatic carbocycles. The molecule has 4 heteroatoms. The molecule has 88 valence electrons. The average Bonchev–Trinajstić information content (AvgIpc) is 2.28. The van der Waals surface area contributed by atoms with Crippen LogP contribution in [0.4, 0.5) is 0 Å².